The second-order valence-electron chi connectivity index (χ2n) is 9.03. The number of imidazole rings is 1. The van der Waals surface area contributed by atoms with Crippen molar-refractivity contribution < 1.29 is 4.79 Å². The Balaban J connectivity index is 1.91. The molecule has 0 aromatic carbocycles. The van der Waals surface area contributed by atoms with Crippen LogP contribution in [0.4, 0.5) is 0 Å². The van der Waals surface area contributed by atoms with Gasteiger partial charge in [-0.1, -0.05) is 0 Å². The molecule has 3 rings (SSSR count). The molecular formula is C25H36N6OS2Sn. The molecule has 188 valence electrons. The summed E-state index contributed by atoms with van der Waals surface area (Å²) in [6.45, 7) is 7.30. The molecule has 3 heterocycles. The number of hydrogen-bond acceptors (Lipinski definition) is 6. The zero-order valence-electron chi connectivity index (χ0n) is 21.1. The van der Waals surface area contributed by atoms with E-state index in [4.69, 9.17) is 5.53 Å². The molecule has 10 heteroatoms. The van der Waals surface area contributed by atoms with E-state index in [1.165, 1.54) is 63.6 Å². The van der Waals surface area contributed by atoms with Crippen LogP contribution < -0.4 is 2.89 Å². The number of carbonyl (C=O) groups excluding carboxylic acids is 1. The first-order chi connectivity index (χ1) is 17.1. The van der Waals surface area contributed by atoms with Crippen molar-refractivity contribution in [1.82, 2.24) is 14.4 Å². The van der Waals surface area contributed by atoms with Crippen LogP contribution in [0.3, 0.4) is 0 Å². The molecule has 0 saturated carbocycles. The van der Waals surface area contributed by atoms with E-state index >= 15 is 0 Å². The molecule has 7 nitrogen and oxygen atoms in total. The van der Waals surface area contributed by atoms with Gasteiger partial charge >= 0.3 is 211 Å². The number of aromatic nitrogens is 3. The number of nitrogens with zero attached hydrogens (tertiary/aromatic N) is 6. The molecule has 35 heavy (non-hydrogen) atoms. The molecule has 0 N–H and O–H groups in total. The van der Waals surface area contributed by atoms with Crippen molar-refractivity contribution in [3.8, 4) is 0 Å². The van der Waals surface area contributed by atoms with Crippen LogP contribution in [0.5, 0.6) is 0 Å². The molecule has 0 bridgehead atoms. The summed E-state index contributed by atoms with van der Waals surface area (Å²) < 4.78 is 7.91. The Hall–Kier alpha value is -1.55. The van der Waals surface area contributed by atoms with E-state index in [1.54, 1.807) is 15.3 Å². The number of thiazole rings is 1. The third-order valence-corrected chi connectivity index (χ3v) is 26.7. The fourth-order valence-electron chi connectivity index (χ4n) is 4.50. The maximum atomic E-state index is 13.5. The topological polar surface area (TPSA) is 96.0 Å². The minimum atomic E-state index is -2.57. The van der Waals surface area contributed by atoms with Gasteiger partial charge in [-0.15, -0.1) is 0 Å². The fraction of sp³-hybridized carbons (Fsp3) is 0.560. The van der Waals surface area contributed by atoms with Gasteiger partial charge in [0.15, 0.2) is 0 Å². The summed E-state index contributed by atoms with van der Waals surface area (Å²) in [5, 5.41) is 3.56. The molecule has 0 radical (unpaired) electrons. The van der Waals surface area contributed by atoms with Crippen LogP contribution in [-0.4, -0.2) is 50.8 Å². The van der Waals surface area contributed by atoms with Crippen LogP contribution in [-0.2, 0) is 0 Å². The van der Waals surface area contributed by atoms with Gasteiger partial charge in [0.25, 0.3) is 0 Å². The van der Waals surface area contributed by atoms with E-state index in [-0.39, 0.29) is 5.78 Å². The Kier molecular flexibility index (Phi) is 11.4. The van der Waals surface area contributed by atoms with E-state index in [1.807, 2.05) is 23.7 Å². The van der Waals surface area contributed by atoms with Crippen LogP contribution in [0, 0.1) is 0 Å². The van der Waals surface area contributed by atoms with Crippen LogP contribution in [0.25, 0.3) is 15.3 Å². The monoisotopic (exact) mass is 620 g/mol. The molecule has 0 saturated heterocycles. The summed E-state index contributed by atoms with van der Waals surface area (Å²) in [5.74, 6) is 0.566. The van der Waals surface area contributed by atoms with Gasteiger partial charge in [-0.2, -0.15) is 0 Å². The average molecular weight is 619 g/mol. The first-order valence-electron chi connectivity index (χ1n) is 12.7. The summed E-state index contributed by atoms with van der Waals surface area (Å²) in [5.41, 5.74) is 9.52. The van der Waals surface area contributed by atoms with Crippen molar-refractivity contribution in [3.63, 3.8) is 0 Å². The third kappa shape index (κ3) is 7.24. The second-order valence-corrected chi connectivity index (χ2v) is 25.4. The first-order valence-corrected chi connectivity index (χ1v) is 22.0. The molecule has 0 amide bonds. The molecule has 0 atom stereocenters. The number of hydrogen-bond donors (Lipinski definition) is 0. The second kappa shape index (κ2) is 14.3. The normalized spacial score (nSPS) is 11.6. The number of carbonyl (C=O) groups is 1. The van der Waals surface area contributed by atoms with E-state index in [0.29, 0.717) is 23.6 Å². The van der Waals surface area contributed by atoms with Gasteiger partial charge in [0.2, 0.25) is 0 Å². The minimum absolute atomic E-state index is 0.0811. The summed E-state index contributed by atoms with van der Waals surface area (Å²) in [7, 11) is 0. The van der Waals surface area contributed by atoms with Crippen LogP contribution in [0.2, 0.25) is 13.3 Å². The van der Waals surface area contributed by atoms with Crippen molar-refractivity contribution in [2.24, 2.45) is 5.11 Å². The van der Waals surface area contributed by atoms with Crippen molar-refractivity contribution in [2.45, 2.75) is 77.5 Å². The van der Waals surface area contributed by atoms with E-state index in [2.05, 4.69) is 51.4 Å². The number of ketones is 1. The molecule has 0 unspecified atom stereocenters. The van der Waals surface area contributed by atoms with E-state index in [0.717, 1.165) is 9.73 Å². The number of pyridine rings is 1. The number of thioether (sulfide) groups is 1. The van der Waals surface area contributed by atoms with Gasteiger partial charge in [-0.25, -0.2) is 0 Å². The van der Waals surface area contributed by atoms with Crippen LogP contribution in [0.15, 0.2) is 41.0 Å². The molecular weight excluding hydrogens is 583 g/mol. The van der Waals surface area contributed by atoms with Gasteiger partial charge in [0.05, 0.1) is 0 Å². The number of azide groups is 1. The molecule has 0 aliphatic carbocycles. The molecule has 0 spiro atoms. The Bertz CT molecular complexity index is 1130. The number of rotatable bonds is 16. The molecule has 3 aromatic heterocycles. The Morgan fingerprint density at radius 1 is 1.14 bits per heavy atom. The van der Waals surface area contributed by atoms with Crippen molar-refractivity contribution in [2.75, 3.05) is 12.3 Å². The Labute approximate surface area is 220 Å². The molecule has 3 aromatic rings. The summed E-state index contributed by atoms with van der Waals surface area (Å²) >= 11 is 0.794. The zero-order chi connectivity index (χ0) is 25.1. The van der Waals surface area contributed by atoms with Gasteiger partial charge in [0.1, 0.15) is 0 Å². The number of fused-ring (bicyclic) bond motifs is 1. The van der Waals surface area contributed by atoms with E-state index in [9.17, 15) is 4.79 Å². The quantitative estimate of drug-likeness (QED) is 0.0316. The van der Waals surface area contributed by atoms with Crippen LogP contribution >= 0.6 is 23.1 Å². The van der Waals surface area contributed by atoms with Gasteiger partial charge < -0.3 is 0 Å². The summed E-state index contributed by atoms with van der Waals surface area (Å²) in [6, 6.07) is 1.86. The van der Waals surface area contributed by atoms with Crippen molar-refractivity contribution in [1.29, 1.82) is 0 Å². The molecule has 0 aliphatic heterocycles. The van der Waals surface area contributed by atoms with Gasteiger partial charge in [-0.3, -0.25) is 0 Å². The third-order valence-electron chi connectivity index (χ3n) is 6.47. The molecule has 0 aliphatic rings. The zero-order valence-corrected chi connectivity index (χ0v) is 25.6. The predicted molar refractivity (Wildman–Crippen MR) is 150 cm³/mol. The first kappa shape index (κ1) is 28.0. The number of unbranched alkanes of at least 4 members (excludes halogenated alkanes) is 3. The van der Waals surface area contributed by atoms with Gasteiger partial charge in [-0.05, 0) is 5.53 Å². The predicted octanol–water partition coefficient (Wildman–Crippen LogP) is 7.48. The van der Waals surface area contributed by atoms with Gasteiger partial charge in [0, 0.05) is 4.91 Å². The maximum absolute atomic E-state index is 13.5. The standard InChI is InChI=1S/C13H9N6OS2.3C4H9.Sn/c14-18-17-1-3-21-10-5-9(6-15-7-10)12(20)11-13-19(8-16-11)2-4-22-13;3*1-3-4-2;/h2,5-8H,1,3H2;3*1,3-4H2,2H3;. The SMILES string of the molecule is CCC[CH2][Sn]([CH2]CCC)([CH2]CCC)[c]1cn2cnc(C(=O)c3cncc(SCCN=[N+]=[N-])c3)c2s1. The molecule has 0 fully saturated rings. The van der Waals surface area contributed by atoms with Crippen molar-refractivity contribution >= 4 is 55.0 Å². The Morgan fingerprint density at radius 3 is 2.46 bits per heavy atom. The fourth-order valence-corrected chi connectivity index (χ4v) is 25.3. The van der Waals surface area contributed by atoms with E-state index < -0.39 is 18.4 Å². The average Bonchev–Trinajstić information content (AvgIpc) is 3.48. The van der Waals surface area contributed by atoms with Crippen molar-refractivity contribution in [3.05, 3.63) is 52.7 Å². The summed E-state index contributed by atoms with van der Waals surface area (Å²) in [6.07, 6.45) is 15.2. The summed E-state index contributed by atoms with van der Waals surface area (Å²) in [4.78, 5) is 26.9. The Morgan fingerprint density at radius 2 is 1.83 bits per heavy atom. The van der Waals surface area contributed by atoms with Crippen LogP contribution in [0.1, 0.15) is 75.3 Å².